The van der Waals surface area contributed by atoms with E-state index < -0.39 is 5.97 Å². The highest BCUT2D eigenvalue weighted by Gasteiger charge is 2.06. The van der Waals surface area contributed by atoms with Gasteiger partial charge >= 0.3 is 5.97 Å². The fraction of sp³-hybridized carbons (Fsp3) is 0.467. The van der Waals surface area contributed by atoms with Crippen LogP contribution in [0, 0.1) is 0 Å². The summed E-state index contributed by atoms with van der Waals surface area (Å²) in [6.45, 7) is -0.278. The SMILES string of the molecule is NC1CCCCC1.NCC(=O)O.O=Cc1ccccc1. The Morgan fingerprint density at radius 1 is 1.20 bits per heavy atom. The Bertz CT molecular complexity index is 363. The van der Waals surface area contributed by atoms with Gasteiger partial charge in [0.05, 0.1) is 6.54 Å². The molecule has 1 aromatic rings. The van der Waals surface area contributed by atoms with Crippen molar-refractivity contribution in [2.75, 3.05) is 6.54 Å². The number of carboxylic acids is 1. The van der Waals surface area contributed by atoms with Crippen molar-refractivity contribution in [3.63, 3.8) is 0 Å². The molecule has 20 heavy (non-hydrogen) atoms. The first-order chi connectivity index (χ1) is 9.60. The second kappa shape index (κ2) is 12.3. The van der Waals surface area contributed by atoms with E-state index >= 15 is 0 Å². The van der Waals surface area contributed by atoms with Crippen molar-refractivity contribution in [2.24, 2.45) is 11.5 Å². The maximum Gasteiger partial charge on any atom is 0.317 e. The van der Waals surface area contributed by atoms with E-state index in [1.54, 1.807) is 12.1 Å². The van der Waals surface area contributed by atoms with Crippen LogP contribution in [0.2, 0.25) is 0 Å². The Kier molecular flexibility index (Phi) is 11.3. The molecule has 5 nitrogen and oxygen atoms in total. The molecule has 0 heterocycles. The number of carboxylic acid groups (broad SMARTS) is 1. The first-order valence-electron chi connectivity index (χ1n) is 6.77. The number of aliphatic carboxylic acids is 1. The lowest BCUT2D eigenvalue weighted by Crippen LogP contribution is -2.22. The zero-order valence-electron chi connectivity index (χ0n) is 11.7. The van der Waals surface area contributed by atoms with E-state index in [0.717, 1.165) is 11.8 Å². The average Bonchev–Trinajstić information content (AvgIpc) is 2.50. The molecule has 0 unspecified atom stereocenters. The zero-order chi connectivity index (χ0) is 15.2. The van der Waals surface area contributed by atoms with Crippen molar-refractivity contribution >= 4 is 12.3 Å². The van der Waals surface area contributed by atoms with Gasteiger partial charge in [-0.2, -0.15) is 0 Å². The molecule has 0 aliphatic heterocycles. The van der Waals surface area contributed by atoms with Gasteiger partial charge in [0.15, 0.2) is 0 Å². The van der Waals surface area contributed by atoms with Crippen molar-refractivity contribution in [1.29, 1.82) is 0 Å². The normalized spacial score (nSPS) is 14.1. The van der Waals surface area contributed by atoms with E-state index in [0.29, 0.717) is 6.04 Å². The minimum absolute atomic E-state index is 0.278. The number of nitrogens with two attached hydrogens (primary N) is 2. The van der Waals surface area contributed by atoms with Crippen LogP contribution in [0.25, 0.3) is 0 Å². The van der Waals surface area contributed by atoms with Crippen LogP contribution in [0.4, 0.5) is 0 Å². The molecule has 0 saturated heterocycles. The molecule has 0 aromatic heterocycles. The topological polar surface area (TPSA) is 106 Å². The predicted octanol–water partition coefficient (Wildman–Crippen LogP) is 1.81. The van der Waals surface area contributed by atoms with Gasteiger partial charge in [-0.05, 0) is 12.8 Å². The molecule has 0 amide bonds. The summed E-state index contributed by atoms with van der Waals surface area (Å²) >= 11 is 0. The van der Waals surface area contributed by atoms with Crippen molar-refractivity contribution in [2.45, 2.75) is 38.1 Å². The molecule has 2 rings (SSSR count). The number of hydrogen-bond acceptors (Lipinski definition) is 4. The number of rotatable bonds is 2. The van der Waals surface area contributed by atoms with Crippen LogP contribution >= 0.6 is 0 Å². The zero-order valence-corrected chi connectivity index (χ0v) is 11.7. The molecule has 0 bridgehead atoms. The van der Waals surface area contributed by atoms with E-state index in [2.05, 4.69) is 5.73 Å². The highest BCUT2D eigenvalue weighted by molar-refractivity contribution is 5.74. The first-order valence-corrected chi connectivity index (χ1v) is 6.77. The molecular weight excluding hydrogens is 256 g/mol. The fourth-order valence-electron chi connectivity index (χ4n) is 1.67. The monoisotopic (exact) mass is 280 g/mol. The van der Waals surface area contributed by atoms with E-state index in [-0.39, 0.29) is 6.54 Å². The number of carbonyl (C=O) groups excluding carboxylic acids is 1. The summed E-state index contributed by atoms with van der Waals surface area (Å²) in [5.74, 6) is -0.968. The molecular formula is C15H24N2O3. The Hall–Kier alpha value is -1.72. The summed E-state index contributed by atoms with van der Waals surface area (Å²) < 4.78 is 0. The summed E-state index contributed by atoms with van der Waals surface area (Å²) in [4.78, 5) is 19.2. The molecule has 0 atom stereocenters. The molecule has 0 radical (unpaired) electrons. The molecule has 5 heteroatoms. The standard InChI is InChI=1S/C7H6O.C6H13N.C2H5NO2/c8-6-7-4-2-1-3-5-7;7-6-4-2-1-3-5-6;3-1-2(4)5/h1-6H;6H,1-5,7H2;1,3H2,(H,4,5). The van der Waals surface area contributed by atoms with Crippen molar-refractivity contribution in [3.8, 4) is 0 Å². The third-order valence-corrected chi connectivity index (χ3v) is 2.76. The molecule has 5 N–H and O–H groups in total. The quantitative estimate of drug-likeness (QED) is 0.716. The molecule has 1 aromatic carbocycles. The number of hydrogen-bond donors (Lipinski definition) is 3. The fourth-order valence-corrected chi connectivity index (χ4v) is 1.67. The summed E-state index contributed by atoms with van der Waals surface area (Å²) in [7, 11) is 0. The summed E-state index contributed by atoms with van der Waals surface area (Å²) in [6, 6.07) is 9.63. The van der Waals surface area contributed by atoms with Gasteiger partial charge in [-0.25, -0.2) is 0 Å². The second-order valence-corrected chi connectivity index (χ2v) is 4.52. The van der Waals surface area contributed by atoms with Crippen molar-refractivity contribution in [1.82, 2.24) is 0 Å². The molecule has 1 saturated carbocycles. The van der Waals surface area contributed by atoms with Crippen LogP contribution in [0.1, 0.15) is 42.5 Å². The summed E-state index contributed by atoms with van der Waals surface area (Å²) in [5, 5.41) is 7.60. The number of carbonyl (C=O) groups is 2. The van der Waals surface area contributed by atoms with Crippen LogP contribution in [0.3, 0.4) is 0 Å². The number of aldehydes is 1. The van der Waals surface area contributed by atoms with E-state index in [1.165, 1.54) is 32.1 Å². The molecule has 1 aliphatic rings. The maximum atomic E-state index is 10.0. The lowest BCUT2D eigenvalue weighted by Gasteiger charge is -2.15. The minimum Gasteiger partial charge on any atom is -0.480 e. The molecule has 112 valence electrons. The van der Waals surface area contributed by atoms with Crippen molar-refractivity contribution in [3.05, 3.63) is 35.9 Å². The van der Waals surface area contributed by atoms with Gasteiger partial charge in [-0.15, -0.1) is 0 Å². The molecule has 1 fully saturated rings. The van der Waals surface area contributed by atoms with E-state index in [4.69, 9.17) is 10.8 Å². The van der Waals surface area contributed by atoms with Gasteiger partial charge in [0.2, 0.25) is 0 Å². The van der Waals surface area contributed by atoms with E-state index in [9.17, 15) is 9.59 Å². The first kappa shape index (κ1) is 18.3. The van der Waals surface area contributed by atoms with Gasteiger partial charge in [-0.3, -0.25) is 9.59 Å². The number of benzene rings is 1. The Labute approximate surface area is 120 Å². The second-order valence-electron chi connectivity index (χ2n) is 4.52. The Morgan fingerprint density at radius 2 is 1.70 bits per heavy atom. The van der Waals surface area contributed by atoms with Crippen LogP contribution in [-0.2, 0) is 4.79 Å². The highest BCUT2D eigenvalue weighted by Crippen LogP contribution is 2.14. The van der Waals surface area contributed by atoms with Gasteiger partial charge in [-0.1, -0.05) is 49.6 Å². The minimum atomic E-state index is -0.968. The third-order valence-electron chi connectivity index (χ3n) is 2.76. The van der Waals surface area contributed by atoms with Crippen LogP contribution < -0.4 is 11.5 Å². The summed E-state index contributed by atoms with van der Waals surface area (Å²) in [5.41, 5.74) is 10.9. The summed E-state index contributed by atoms with van der Waals surface area (Å²) in [6.07, 6.45) is 7.50. The Morgan fingerprint density at radius 3 is 1.95 bits per heavy atom. The van der Waals surface area contributed by atoms with Gasteiger partial charge in [0, 0.05) is 11.6 Å². The average molecular weight is 280 g/mol. The van der Waals surface area contributed by atoms with Gasteiger partial charge < -0.3 is 16.6 Å². The third kappa shape index (κ3) is 11.4. The van der Waals surface area contributed by atoms with Crippen LogP contribution in [0.5, 0.6) is 0 Å². The Balaban J connectivity index is 0.000000280. The smallest absolute Gasteiger partial charge is 0.317 e. The molecule has 0 spiro atoms. The maximum absolute atomic E-state index is 10.0. The lowest BCUT2D eigenvalue weighted by atomic mass is 9.97. The predicted molar refractivity (Wildman–Crippen MR) is 79.6 cm³/mol. The van der Waals surface area contributed by atoms with Gasteiger partial charge in [0.25, 0.3) is 0 Å². The van der Waals surface area contributed by atoms with Crippen molar-refractivity contribution < 1.29 is 14.7 Å². The molecule has 1 aliphatic carbocycles. The van der Waals surface area contributed by atoms with Gasteiger partial charge in [0.1, 0.15) is 6.29 Å². The lowest BCUT2D eigenvalue weighted by molar-refractivity contribution is -0.135. The highest BCUT2D eigenvalue weighted by atomic mass is 16.4. The van der Waals surface area contributed by atoms with E-state index in [1.807, 2.05) is 18.2 Å². The largest absolute Gasteiger partial charge is 0.480 e. The van der Waals surface area contributed by atoms with Crippen LogP contribution in [0.15, 0.2) is 30.3 Å². The van der Waals surface area contributed by atoms with Crippen LogP contribution in [-0.4, -0.2) is 29.9 Å².